The lowest BCUT2D eigenvalue weighted by Gasteiger charge is -2.09. The molecule has 0 aromatic heterocycles. The smallest absolute Gasteiger partial charge is 0.406 e. The molecule has 6 heteroatoms. The zero-order chi connectivity index (χ0) is 12.9. The van der Waals surface area contributed by atoms with Crippen molar-refractivity contribution in [1.29, 1.82) is 0 Å². The molecule has 0 saturated heterocycles. The van der Waals surface area contributed by atoms with Crippen LogP contribution >= 0.6 is 24.2 Å². The van der Waals surface area contributed by atoms with Crippen LogP contribution in [0, 0.1) is 0 Å². The Labute approximate surface area is 108 Å². The van der Waals surface area contributed by atoms with Gasteiger partial charge in [-0.1, -0.05) is 23.8 Å². The van der Waals surface area contributed by atoms with E-state index < -0.39 is 6.36 Å². The summed E-state index contributed by atoms with van der Waals surface area (Å²) in [5.41, 5.74) is 0.642. The fraction of sp³-hybridized carbons (Fsp3) is 0.273. The Kier molecular flexibility index (Phi) is 5.21. The zero-order valence-corrected chi connectivity index (χ0v) is 10.3. The van der Waals surface area contributed by atoms with E-state index in [2.05, 4.69) is 17.4 Å². The zero-order valence-electron chi connectivity index (χ0n) is 8.67. The molecule has 17 heavy (non-hydrogen) atoms. The number of ether oxygens (including phenoxy) is 1. The van der Waals surface area contributed by atoms with Gasteiger partial charge in [-0.25, -0.2) is 0 Å². The topological polar surface area (TPSA) is 9.23 Å². The van der Waals surface area contributed by atoms with Crippen molar-refractivity contribution in [2.45, 2.75) is 12.8 Å². The molecule has 0 radical (unpaired) electrons. The number of halogens is 4. The Balaban J connectivity index is 2.79. The van der Waals surface area contributed by atoms with Gasteiger partial charge in [0, 0.05) is 0 Å². The maximum Gasteiger partial charge on any atom is 0.573 e. The molecule has 0 aliphatic rings. The summed E-state index contributed by atoms with van der Waals surface area (Å²) in [4.78, 5) is 0. The number of allylic oxidation sites excluding steroid dienone is 1. The minimum atomic E-state index is -4.70. The van der Waals surface area contributed by atoms with Crippen molar-refractivity contribution >= 4 is 30.3 Å². The van der Waals surface area contributed by atoms with Gasteiger partial charge in [-0.3, -0.25) is 0 Å². The molecule has 0 unspecified atom stereocenters. The van der Waals surface area contributed by atoms with Gasteiger partial charge in [-0.05, 0) is 35.9 Å². The van der Waals surface area contributed by atoms with Crippen LogP contribution in [-0.4, -0.2) is 12.1 Å². The highest BCUT2D eigenvalue weighted by Gasteiger charge is 2.31. The van der Waals surface area contributed by atoms with Crippen molar-refractivity contribution in [2.75, 3.05) is 5.75 Å². The molecule has 0 atom stereocenters. The first-order valence-electron chi connectivity index (χ1n) is 4.75. The van der Waals surface area contributed by atoms with Crippen molar-refractivity contribution in [3.8, 4) is 5.75 Å². The molecule has 0 N–H and O–H groups in total. The summed E-state index contributed by atoms with van der Waals surface area (Å²) < 4.78 is 39.5. The van der Waals surface area contributed by atoms with E-state index in [0.29, 0.717) is 11.3 Å². The highest BCUT2D eigenvalue weighted by Crippen LogP contribution is 2.28. The van der Waals surface area contributed by atoms with E-state index in [9.17, 15) is 13.2 Å². The largest absolute Gasteiger partial charge is 0.573 e. The third kappa shape index (κ3) is 5.37. The van der Waals surface area contributed by atoms with Crippen molar-refractivity contribution in [3.63, 3.8) is 0 Å². The first-order valence-corrected chi connectivity index (χ1v) is 5.76. The summed E-state index contributed by atoms with van der Waals surface area (Å²) in [6.45, 7) is 0. The third-order valence-electron chi connectivity index (χ3n) is 1.80. The van der Waals surface area contributed by atoms with Gasteiger partial charge < -0.3 is 4.74 Å². The summed E-state index contributed by atoms with van der Waals surface area (Å²) in [6, 6.07) is 3.83. The van der Waals surface area contributed by atoms with Gasteiger partial charge in [0.15, 0.2) is 0 Å². The molecular formula is C11H10ClF3OS. The van der Waals surface area contributed by atoms with Crippen molar-refractivity contribution in [1.82, 2.24) is 0 Å². The van der Waals surface area contributed by atoms with Gasteiger partial charge in [-0.15, -0.1) is 13.2 Å². The van der Waals surface area contributed by atoms with E-state index in [-0.39, 0.29) is 10.8 Å². The highest BCUT2D eigenvalue weighted by atomic mass is 35.5. The number of alkyl halides is 3. The normalized spacial score (nSPS) is 12.1. The molecule has 1 rings (SSSR count). The molecule has 0 aliphatic carbocycles. The van der Waals surface area contributed by atoms with Crippen LogP contribution in [0.5, 0.6) is 5.75 Å². The van der Waals surface area contributed by atoms with Gasteiger partial charge in [0.25, 0.3) is 0 Å². The van der Waals surface area contributed by atoms with Crippen LogP contribution in [0.1, 0.15) is 12.0 Å². The van der Waals surface area contributed by atoms with Gasteiger partial charge >= 0.3 is 6.36 Å². The van der Waals surface area contributed by atoms with E-state index in [4.69, 9.17) is 11.6 Å². The number of hydrogen-bond acceptors (Lipinski definition) is 2. The van der Waals surface area contributed by atoms with E-state index in [1.165, 1.54) is 12.1 Å². The number of thiol groups is 1. The molecular weight excluding hydrogens is 273 g/mol. The van der Waals surface area contributed by atoms with Crippen LogP contribution in [0.4, 0.5) is 13.2 Å². The van der Waals surface area contributed by atoms with Crippen LogP contribution in [0.15, 0.2) is 24.3 Å². The summed E-state index contributed by atoms with van der Waals surface area (Å²) in [7, 11) is 0. The first kappa shape index (κ1) is 14.3. The highest BCUT2D eigenvalue weighted by molar-refractivity contribution is 7.80. The van der Waals surface area contributed by atoms with E-state index in [0.717, 1.165) is 12.5 Å². The molecule has 1 aromatic rings. The molecule has 1 nitrogen and oxygen atoms in total. The van der Waals surface area contributed by atoms with Gasteiger partial charge in [-0.2, -0.15) is 12.6 Å². The molecule has 0 amide bonds. The van der Waals surface area contributed by atoms with Crippen LogP contribution in [0.2, 0.25) is 5.02 Å². The quantitative estimate of drug-likeness (QED) is 0.796. The lowest BCUT2D eigenvalue weighted by Crippen LogP contribution is -2.17. The van der Waals surface area contributed by atoms with E-state index in [1.54, 1.807) is 6.08 Å². The fourth-order valence-electron chi connectivity index (χ4n) is 1.12. The molecule has 0 heterocycles. The second-order valence-corrected chi connectivity index (χ2v) is 4.00. The Hall–Kier alpha value is -0.810. The Morgan fingerprint density at radius 2 is 2.06 bits per heavy atom. The van der Waals surface area contributed by atoms with Crippen LogP contribution in [0.3, 0.4) is 0 Å². The average Bonchev–Trinajstić information content (AvgIpc) is 2.19. The SMILES string of the molecule is FC(F)(F)Oc1ccc(C=CCCS)c(Cl)c1. The van der Waals surface area contributed by atoms with Crippen molar-refractivity contribution in [3.05, 3.63) is 34.9 Å². The maximum atomic E-state index is 11.9. The standard InChI is InChI=1S/C11H10ClF3OS/c12-10-7-9(16-11(13,14)15)5-4-8(10)3-1-2-6-17/h1,3-5,7,17H,2,6H2. The Morgan fingerprint density at radius 1 is 1.35 bits per heavy atom. The Morgan fingerprint density at radius 3 is 2.59 bits per heavy atom. The predicted molar refractivity (Wildman–Crippen MR) is 65.6 cm³/mol. The van der Waals surface area contributed by atoms with Crippen LogP contribution in [0.25, 0.3) is 6.08 Å². The molecule has 0 fully saturated rings. The minimum absolute atomic E-state index is 0.210. The number of rotatable bonds is 4. The fourth-order valence-corrected chi connectivity index (χ4v) is 1.51. The summed E-state index contributed by atoms with van der Waals surface area (Å²) >= 11 is 9.85. The molecule has 0 aliphatic heterocycles. The minimum Gasteiger partial charge on any atom is -0.406 e. The number of hydrogen-bond donors (Lipinski definition) is 1. The van der Waals surface area contributed by atoms with Gasteiger partial charge in [0.05, 0.1) is 5.02 Å². The molecule has 0 spiro atoms. The Bertz CT molecular complexity index is 404. The van der Waals surface area contributed by atoms with Gasteiger partial charge in [0.2, 0.25) is 0 Å². The maximum absolute atomic E-state index is 11.9. The molecule has 1 aromatic carbocycles. The lowest BCUT2D eigenvalue weighted by atomic mass is 10.2. The van der Waals surface area contributed by atoms with E-state index in [1.807, 2.05) is 6.08 Å². The summed E-state index contributed by atoms with van der Waals surface area (Å²) in [6.07, 6.45) is -0.360. The van der Waals surface area contributed by atoms with E-state index >= 15 is 0 Å². The lowest BCUT2D eigenvalue weighted by molar-refractivity contribution is -0.274. The van der Waals surface area contributed by atoms with Crippen molar-refractivity contribution in [2.24, 2.45) is 0 Å². The summed E-state index contributed by atoms with van der Waals surface area (Å²) in [5.74, 6) is 0.373. The van der Waals surface area contributed by atoms with Crippen LogP contribution < -0.4 is 4.74 Å². The number of benzene rings is 1. The molecule has 0 saturated carbocycles. The van der Waals surface area contributed by atoms with Crippen LogP contribution in [-0.2, 0) is 0 Å². The molecule has 0 bridgehead atoms. The second kappa shape index (κ2) is 6.21. The van der Waals surface area contributed by atoms with Gasteiger partial charge in [0.1, 0.15) is 5.75 Å². The summed E-state index contributed by atoms with van der Waals surface area (Å²) in [5, 5.41) is 0.210. The second-order valence-electron chi connectivity index (χ2n) is 3.15. The monoisotopic (exact) mass is 282 g/mol. The van der Waals surface area contributed by atoms with Crippen molar-refractivity contribution < 1.29 is 17.9 Å². The predicted octanol–water partition coefficient (Wildman–Crippen LogP) is 4.57. The average molecular weight is 283 g/mol. The first-order chi connectivity index (χ1) is 7.92. The third-order valence-corrected chi connectivity index (χ3v) is 2.38. The molecule has 94 valence electrons.